The zero-order valence-electron chi connectivity index (χ0n) is 16.1. The van der Waals surface area contributed by atoms with E-state index in [4.69, 9.17) is 14.2 Å². The van der Waals surface area contributed by atoms with Crippen LogP contribution in [0.4, 0.5) is 0 Å². The van der Waals surface area contributed by atoms with Crippen molar-refractivity contribution in [1.29, 1.82) is 0 Å². The van der Waals surface area contributed by atoms with E-state index in [-0.39, 0.29) is 11.7 Å². The van der Waals surface area contributed by atoms with Crippen LogP contribution in [0.15, 0.2) is 42.5 Å². The summed E-state index contributed by atoms with van der Waals surface area (Å²) in [6, 6.07) is 12.5. The number of amides is 1. The Balaban J connectivity index is 1.47. The number of Topliss-reactive ketones (excluding diaryl/α,β-unsaturated/α-hetero) is 1. The average Bonchev–Trinajstić information content (AvgIpc) is 2.73. The van der Waals surface area contributed by atoms with Gasteiger partial charge in [-0.1, -0.05) is 6.07 Å². The molecule has 0 aromatic heterocycles. The highest BCUT2D eigenvalue weighted by Crippen LogP contribution is 2.40. The lowest BCUT2D eigenvalue weighted by molar-refractivity contribution is -0.00577. The number of benzene rings is 2. The molecule has 2 aliphatic heterocycles. The van der Waals surface area contributed by atoms with Gasteiger partial charge in [0.05, 0.1) is 26.2 Å². The maximum Gasteiger partial charge on any atom is 0.253 e. The Kier molecular flexibility index (Phi) is 4.71. The van der Waals surface area contributed by atoms with Crippen LogP contribution >= 0.6 is 0 Å². The number of nitrogens with zero attached hydrogens (tertiary/aromatic N) is 1. The van der Waals surface area contributed by atoms with E-state index in [1.165, 1.54) is 0 Å². The minimum atomic E-state index is -0.538. The predicted molar refractivity (Wildman–Crippen MR) is 103 cm³/mol. The average molecular weight is 381 g/mol. The molecule has 1 saturated heterocycles. The second-order valence-electron chi connectivity index (χ2n) is 7.27. The van der Waals surface area contributed by atoms with Gasteiger partial charge in [0.2, 0.25) is 0 Å². The number of ketones is 1. The van der Waals surface area contributed by atoms with E-state index in [2.05, 4.69) is 0 Å². The van der Waals surface area contributed by atoms with E-state index in [0.29, 0.717) is 60.7 Å². The molecule has 6 nitrogen and oxygen atoms in total. The molecule has 1 amide bonds. The summed E-state index contributed by atoms with van der Waals surface area (Å²) in [4.78, 5) is 27.3. The molecule has 2 aromatic rings. The van der Waals surface area contributed by atoms with Gasteiger partial charge in [-0.3, -0.25) is 9.59 Å². The highest BCUT2D eigenvalue weighted by molar-refractivity contribution is 6.01. The number of hydrogen-bond acceptors (Lipinski definition) is 5. The van der Waals surface area contributed by atoms with Crippen LogP contribution in [0.25, 0.3) is 0 Å². The van der Waals surface area contributed by atoms with Crippen molar-refractivity contribution in [1.82, 2.24) is 4.90 Å². The number of likely N-dealkylation sites (tertiary alicyclic amines) is 1. The molecule has 1 spiro atoms. The molecule has 0 N–H and O–H groups in total. The Bertz CT molecular complexity index is 915. The highest BCUT2D eigenvalue weighted by atomic mass is 16.5. The van der Waals surface area contributed by atoms with Crippen LogP contribution in [-0.4, -0.2) is 49.5 Å². The first-order valence-electron chi connectivity index (χ1n) is 9.37. The summed E-state index contributed by atoms with van der Waals surface area (Å²) < 4.78 is 16.7. The molecule has 1 fully saturated rings. The lowest BCUT2D eigenvalue weighted by Gasteiger charge is -2.44. The fraction of sp³-hybridized carbons (Fsp3) is 0.364. The fourth-order valence-electron chi connectivity index (χ4n) is 3.93. The second kappa shape index (κ2) is 7.19. The third kappa shape index (κ3) is 3.30. The summed E-state index contributed by atoms with van der Waals surface area (Å²) in [5.74, 6) is 1.94. The zero-order chi connectivity index (χ0) is 19.7. The second-order valence-corrected chi connectivity index (χ2v) is 7.27. The molecule has 0 atom stereocenters. The van der Waals surface area contributed by atoms with Gasteiger partial charge < -0.3 is 19.1 Å². The summed E-state index contributed by atoms with van der Waals surface area (Å²) in [5.41, 5.74) is 0.636. The number of carbonyl (C=O) groups excluding carboxylic acids is 2. The van der Waals surface area contributed by atoms with Gasteiger partial charge in [0.15, 0.2) is 5.78 Å². The van der Waals surface area contributed by atoms with Crippen molar-refractivity contribution < 1.29 is 23.8 Å². The van der Waals surface area contributed by atoms with Crippen molar-refractivity contribution in [3.63, 3.8) is 0 Å². The molecule has 2 aliphatic rings. The largest absolute Gasteiger partial charge is 0.497 e. The van der Waals surface area contributed by atoms with E-state index in [0.717, 1.165) is 0 Å². The smallest absolute Gasteiger partial charge is 0.253 e. The SMILES string of the molecule is COc1cccc(C(=O)N2CCC3(CC2)CC(=O)c2cc(OC)ccc2O3)c1. The Morgan fingerprint density at radius 2 is 1.75 bits per heavy atom. The van der Waals surface area contributed by atoms with Crippen LogP contribution in [0.3, 0.4) is 0 Å². The summed E-state index contributed by atoms with van der Waals surface area (Å²) in [7, 11) is 3.16. The fourth-order valence-corrected chi connectivity index (χ4v) is 3.93. The van der Waals surface area contributed by atoms with Crippen molar-refractivity contribution in [2.24, 2.45) is 0 Å². The van der Waals surface area contributed by atoms with Crippen LogP contribution in [0, 0.1) is 0 Å². The molecule has 0 saturated carbocycles. The summed E-state index contributed by atoms with van der Waals surface area (Å²) in [5, 5.41) is 0. The van der Waals surface area contributed by atoms with E-state index in [9.17, 15) is 9.59 Å². The van der Waals surface area contributed by atoms with Crippen LogP contribution in [0.1, 0.15) is 40.0 Å². The summed E-state index contributed by atoms with van der Waals surface area (Å²) in [6.45, 7) is 1.10. The number of fused-ring (bicyclic) bond motifs is 1. The summed E-state index contributed by atoms with van der Waals surface area (Å²) >= 11 is 0. The van der Waals surface area contributed by atoms with E-state index in [1.54, 1.807) is 44.6 Å². The van der Waals surface area contributed by atoms with Crippen molar-refractivity contribution in [3.05, 3.63) is 53.6 Å². The lowest BCUT2D eigenvalue weighted by atomic mass is 9.82. The predicted octanol–water partition coefficient (Wildman–Crippen LogP) is 3.34. The van der Waals surface area contributed by atoms with Gasteiger partial charge in [0, 0.05) is 31.5 Å². The Morgan fingerprint density at radius 1 is 1.04 bits per heavy atom. The van der Waals surface area contributed by atoms with Gasteiger partial charge in [-0.15, -0.1) is 0 Å². The summed E-state index contributed by atoms with van der Waals surface area (Å²) in [6.07, 6.45) is 1.58. The number of piperidine rings is 1. The maximum absolute atomic E-state index is 12.8. The molecule has 0 unspecified atom stereocenters. The third-order valence-corrected chi connectivity index (χ3v) is 5.57. The molecular formula is C22H23NO5. The maximum atomic E-state index is 12.8. The molecular weight excluding hydrogens is 358 g/mol. The molecule has 0 bridgehead atoms. The molecule has 0 aliphatic carbocycles. The van der Waals surface area contributed by atoms with Gasteiger partial charge in [-0.2, -0.15) is 0 Å². The molecule has 146 valence electrons. The minimum Gasteiger partial charge on any atom is -0.497 e. The first-order valence-corrected chi connectivity index (χ1v) is 9.37. The normalized spacial score (nSPS) is 17.6. The molecule has 0 radical (unpaired) electrons. The lowest BCUT2D eigenvalue weighted by Crippen LogP contribution is -2.52. The highest BCUT2D eigenvalue weighted by Gasteiger charge is 2.43. The van der Waals surface area contributed by atoms with Crippen molar-refractivity contribution in [2.75, 3.05) is 27.3 Å². The van der Waals surface area contributed by atoms with Gasteiger partial charge in [-0.25, -0.2) is 0 Å². The van der Waals surface area contributed by atoms with Crippen LogP contribution in [0.5, 0.6) is 17.2 Å². The number of rotatable bonds is 3. The quantitative estimate of drug-likeness (QED) is 0.816. The van der Waals surface area contributed by atoms with Gasteiger partial charge in [-0.05, 0) is 36.4 Å². The number of carbonyl (C=O) groups is 2. The third-order valence-electron chi connectivity index (χ3n) is 5.57. The van der Waals surface area contributed by atoms with Crippen LogP contribution < -0.4 is 14.2 Å². The first-order chi connectivity index (χ1) is 13.5. The van der Waals surface area contributed by atoms with Gasteiger partial charge in [0.25, 0.3) is 5.91 Å². The Morgan fingerprint density at radius 3 is 2.46 bits per heavy atom. The Labute approximate surface area is 164 Å². The van der Waals surface area contributed by atoms with E-state index in [1.807, 2.05) is 17.0 Å². The van der Waals surface area contributed by atoms with Crippen molar-refractivity contribution in [3.8, 4) is 17.2 Å². The zero-order valence-corrected chi connectivity index (χ0v) is 16.1. The molecule has 4 rings (SSSR count). The minimum absolute atomic E-state index is 0.0268. The number of ether oxygens (including phenoxy) is 3. The van der Waals surface area contributed by atoms with E-state index < -0.39 is 5.60 Å². The van der Waals surface area contributed by atoms with Crippen molar-refractivity contribution in [2.45, 2.75) is 24.9 Å². The standard InChI is InChI=1S/C22H23NO5/c1-26-16-5-3-4-15(12-16)21(25)23-10-8-22(9-11-23)14-19(24)18-13-17(27-2)6-7-20(18)28-22/h3-7,12-13H,8-11,14H2,1-2H3. The molecule has 28 heavy (non-hydrogen) atoms. The molecule has 2 heterocycles. The van der Waals surface area contributed by atoms with Crippen molar-refractivity contribution >= 4 is 11.7 Å². The first kappa shape index (κ1) is 18.3. The molecule has 6 heteroatoms. The monoisotopic (exact) mass is 381 g/mol. The molecule has 2 aromatic carbocycles. The number of hydrogen-bond donors (Lipinski definition) is 0. The van der Waals surface area contributed by atoms with Gasteiger partial charge in [0.1, 0.15) is 22.8 Å². The number of methoxy groups -OCH3 is 2. The van der Waals surface area contributed by atoms with E-state index >= 15 is 0 Å². The Hall–Kier alpha value is -3.02. The van der Waals surface area contributed by atoms with Crippen LogP contribution in [-0.2, 0) is 0 Å². The van der Waals surface area contributed by atoms with Gasteiger partial charge >= 0.3 is 0 Å². The topological polar surface area (TPSA) is 65.1 Å². The van der Waals surface area contributed by atoms with Crippen LogP contribution in [0.2, 0.25) is 0 Å².